The number of hydrogen-bond donors (Lipinski definition) is 16. The van der Waals surface area contributed by atoms with Crippen LogP contribution in [0.4, 0.5) is 0 Å². The van der Waals surface area contributed by atoms with Gasteiger partial charge in [0.25, 0.3) is 0 Å². The van der Waals surface area contributed by atoms with Gasteiger partial charge in [0, 0.05) is 6.54 Å². The second-order valence-electron chi connectivity index (χ2n) is 12.8. The zero-order valence-corrected chi connectivity index (χ0v) is 32.0. The molecule has 0 unspecified atom stereocenters. The molecule has 6 atom stereocenters. The van der Waals surface area contributed by atoms with E-state index in [0.717, 1.165) is 0 Å². The van der Waals surface area contributed by atoms with E-state index in [2.05, 4.69) is 36.9 Å². The third-order valence-electron chi connectivity index (χ3n) is 7.51. The molecule has 0 saturated heterocycles. The van der Waals surface area contributed by atoms with Gasteiger partial charge in [-0.25, -0.2) is 4.79 Å². The number of nitrogens with zero attached hydrogens (tertiary/aromatic N) is 1. The smallest absolute Gasteiger partial charge is 0.326 e. The van der Waals surface area contributed by atoms with Crippen molar-refractivity contribution < 1.29 is 78.3 Å². The van der Waals surface area contributed by atoms with Crippen LogP contribution in [-0.2, 0) is 52.7 Å². The number of aliphatic hydroxyl groups excluding tert-OH is 2. The van der Waals surface area contributed by atoms with Crippen LogP contribution in [0.25, 0.3) is 0 Å². The first-order valence-corrected chi connectivity index (χ1v) is 17.5. The summed E-state index contributed by atoms with van der Waals surface area (Å²) in [5, 5.41) is 63.0. The van der Waals surface area contributed by atoms with E-state index < -0.39 is 153 Å². The number of nitrogens with one attached hydrogen (secondary N) is 8. The molecule has 0 aliphatic rings. The Labute approximate surface area is 335 Å². The minimum absolute atomic E-state index is 0.0209. The number of rotatable bonds is 28. The van der Waals surface area contributed by atoms with Crippen molar-refractivity contribution in [3.63, 3.8) is 0 Å². The average Bonchev–Trinajstić information content (AvgIpc) is 3.15. The number of carboxylic acid groups (broad SMARTS) is 3. The summed E-state index contributed by atoms with van der Waals surface area (Å²) in [4.78, 5) is 138. The molecule has 0 heterocycles. The van der Waals surface area contributed by atoms with E-state index in [1.54, 1.807) is 0 Å². The van der Waals surface area contributed by atoms with Gasteiger partial charge < -0.3 is 85.3 Å². The molecule has 19 N–H and O–H groups in total. The van der Waals surface area contributed by atoms with Crippen LogP contribution < -0.4 is 59.7 Å². The lowest BCUT2D eigenvalue weighted by molar-refractivity contribution is -0.143. The number of amides is 8. The second kappa shape index (κ2) is 27.0. The summed E-state index contributed by atoms with van der Waals surface area (Å²) < 4.78 is 0. The van der Waals surface area contributed by atoms with Crippen LogP contribution in [0.5, 0.6) is 0 Å². The highest BCUT2D eigenvalue weighted by molar-refractivity contribution is 5.97. The lowest BCUT2D eigenvalue weighted by Crippen LogP contribution is -2.56. The molecule has 0 aromatic rings. The van der Waals surface area contributed by atoms with Gasteiger partial charge >= 0.3 is 17.9 Å². The zero-order valence-electron chi connectivity index (χ0n) is 32.0. The number of nitrogens with two attached hydrogens (primary N) is 3. The first-order valence-electron chi connectivity index (χ1n) is 17.5. The zero-order chi connectivity index (χ0) is 45.4. The topological polar surface area (TPSA) is 476 Å². The van der Waals surface area contributed by atoms with Crippen molar-refractivity contribution in [1.29, 1.82) is 0 Å². The molecule has 332 valence electrons. The maximum Gasteiger partial charge on any atom is 0.326 e. The van der Waals surface area contributed by atoms with Crippen molar-refractivity contribution in [2.75, 3.05) is 39.4 Å². The largest absolute Gasteiger partial charge is 0.481 e. The Balaban J connectivity index is 5.55. The number of guanidine groups is 1. The summed E-state index contributed by atoms with van der Waals surface area (Å²) in [5.74, 6) is -14.0. The monoisotopic (exact) mass is 848 g/mol. The van der Waals surface area contributed by atoms with Gasteiger partial charge in [-0.2, -0.15) is 0 Å². The van der Waals surface area contributed by atoms with Crippen molar-refractivity contribution in [2.24, 2.45) is 28.1 Å². The number of hydrogen-bond acceptors (Lipinski definition) is 15. The van der Waals surface area contributed by atoms with E-state index in [0.29, 0.717) is 0 Å². The van der Waals surface area contributed by atoms with Gasteiger partial charge in [0.2, 0.25) is 47.3 Å². The molecular weight excluding hydrogens is 796 g/mol. The molecule has 28 nitrogen and oxygen atoms in total. The highest BCUT2D eigenvalue weighted by Crippen LogP contribution is 2.03. The number of aliphatic hydroxyl groups is 2. The summed E-state index contributed by atoms with van der Waals surface area (Å²) >= 11 is 0. The summed E-state index contributed by atoms with van der Waals surface area (Å²) in [5.41, 5.74) is 15.9. The third-order valence-corrected chi connectivity index (χ3v) is 7.51. The molecule has 0 aliphatic carbocycles. The molecule has 0 spiro atoms. The van der Waals surface area contributed by atoms with Crippen molar-refractivity contribution in [1.82, 2.24) is 42.5 Å². The van der Waals surface area contributed by atoms with E-state index in [1.807, 2.05) is 10.6 Å². The summed E-state index contributed by atoms with van der Waals surface area (Å²) in [7, 11) is 0. The molecule has 0 radical (unpaired) electrons. The first-order chi connectivity index (χ1) is 27.5. The molecule has 8 amide bonds. The van der Waals surface area contributed by atoms with Crippen molar-refractivity contribution in [3.05, 3.63) is 0 Å². The summed E-state index contributed by atoms with van der Waals surface area (Å²) in [6, 6.07) is -9.44. The molecule has 0 aliphatic heterocycles. The number of carbonyl (C=O) groups is 11. The van der Waals surface area contributed by atoms with Crippen LogP contribution in [0.3, 0.4) is 0 Å². The number of carboxylic acids is 3. The maximum absolute atomic E-state index is 13.0. The van der Waals surface area contributed by atoms with E-state index in [4.69, 9.17) is 27.4 Å². The van der Waals surface area contributed by atoms with Crippen LogP contribution in [0.1, 0.15) is 39.5 Å². The van der Waals surface area contributed by atoms with E-state index >= 15 is 0 Å². The number of aliphatic imine (C=N–C) groups is 1. The van der Waals surface area contributed by atoms with Crippen molar-refractivity contribution in [2.45, 2.75) is 75.8 Å². The fraction of sp³-hybridized carbons (Fsp3) is 0.613. The van der Waals surface area contributed by atoms with Crippen molar-refractivity contribution >= 4 is 71.1 Å². The number of aliphatic carboxylic acids is 3. The van der Waals surface area contributed by atoms with Crippen LogP contribution >= 0.6 is 0 Å². The standard InChI is InChI=1S/C31H52N12O16/c1-13(2)24(30(58)59)43-29(57)18(12-45)41-21(48)10-37-27(55)16(6-22(49)50)40-20(47)9-36-26(54)15(4-3-5-35-31(33)34)39-19(46)8-38-28(56)17(7-23(51)52)42-25(53)14(32)11-44/h13-18,24,44-45H,3-12,32H2,1-2H3,(H,36,54)(H,37,55)(H,38,56)(H,39,46)(H,40,47)(H,41,48)(H,42,53)(H,43,57)(H,49,50)(H,51,52)(H,58,59)(H4,33,34,35)/t14-,15-,16-,17-,18-,24-/m0/s1. The highest BCUT2D eigenvalue weighted by atomic mass is 16.4. The van der Waals surface area contributed by atoms with Crippen LogP contribution in [0.2, 0.25) is 0 Å². The molecule has 0 aromatic carbocycles. The Morgan fingerprint density at radius 2 is 0.983 bits per heavy atom. The summed E-state index contributed by atoms with van der Waals surface area (Å²) in [6.45, 7) is -1.45. The minimum Gasteiger partial charge on any atom is -0.481 e. The lowest BCUT2D eigenvalue weighted by Gasteiger charge is -2.22. The minimum atomic E-state index is -1.82. The van der Waals surface area contributed by atoms with Crippen molar-refractivity contribution in [3.8, 4) is 0 Å². The maximum atomic E-state index is 13.0. The Hall–Kier alpha value is -6.68. The SMILES string of the molecule is CC(C)[C@H](NC(=O)[C@H](CO)NC(=O)CNC(=O)[C@H](CC(=O)O)NC(=O)CNC(=O)[C@H](CCCN=C(N)N)NC(=O)CNC(=O)[C@H](CC(=O)O)NC(=O)[C@@H](N)CO)C(=O)O. The van der Waals surface area contributed by atoms with Gasteiger partial charge in [-0.3, -0.25) is 52.9 Å². The Kier molecular flexibility index (Phi) is 24.0. The summed E-state index contributed by atoms with van der Waals surface area (Å²) in [6.07, 6.45) is -2.03. The average molecular weight is 849 g/mol. The molecule has 0 bridgehead atoms. The molecule has 0 fully saturated rings. The van der Waals surface area contributed by atoms with E-state index in [-0.39, 0.29) is 25.3 Å². The number of carbonyl (C=O) groups excluding carboxylic acids is 8. The van der Waals surface area contributed by atoms with Gasteiger partial charge in [0.1, 0.15) is 36.3 Å². The Morgan fingerprint density at radius 3 is 1.37 bits per heavy atom. The van der Waals surface area contributed by atoms with Crippen LogP contribution in [0.15, 0.2) is 4.99 Å². The fourth-order valence-electron chi connectivity index (χ4n) is 4.47. The Morgan fingerprint density at radius 1 is 0.559 bits per heavy atom. The molecule has 59 heavy (non-hydrogen) atoms. The molecule has 0 saturated carbocycles. The van der Waals surface area contributed by atoms with Gasteiger partial charge in [-0.05, 0) is 18.8 Å². The second-order valence-corrected chi connectivity index (χ2v) is 12.8. The van der Waals surface area contributed by atoms with E-state index in [1.165, 1.54) is 13.8 Å². The van der Waals surface area contributed by atoms with Gasteiger partial charge in [0.15, 0.2) is 5.96 Å². The van der Waals surface area contributed by atoms with E-state index in [9.17, 15) is 68.1 Å². The van der Waals surface area contributed by atoms with Gasteiger partial charge in [-0.15, -0.1) is 0 Å². The van der Waals surface area contributed by atoms with Crippen LogP contribution in [-0.4, -0.2) is 172 Å². The highest BCUT2D eigenvalue weighted by Gasteiger charge is 2.30. The molecular formula is C31H52N12O16. The quantitative estimate of drug-likeness (QED) is 0.0197. The molecule has 0 aromatic heterocycles. The predicted octanol–water partition coefficient (Wildman–Crippen LogP) is -9.19. The van der Waals surface area contributed by atoms with Gasteiger partial charge in [-0.1, -0.05) is 13.8 Å². The fourth-order valence-corrected chi connectivity index (χ4v) is 4.47. The molecule has 0 rings (SSSR count). The third kappa shape index (κ3) is 22.0. The van der Waals surface area contributed by atoms with Crippen LogP contribution in [0, 0.1) is 5.92 Å². The molecule has 28 heteroatoms. The first kappa shape index (κ1) is 52.3. The predicted molar refractivity (Wildman–Crippen MR) is 198 cm³/mol. The Bertz CT molecular complexity index is 1570. The lowest BCUT2D eigenvalue weighted by atomic mass is 10.0. The normalized spacial score (nSPS) is 13.7. The van der Waals surface area contributed by atoms with Gasteiger partial charge in [0.05, 0.1) is 45.7 Å².